The minimum atomic E-state index is -0.974. The quantitative estimate of drug-likeness (QED) is 0.735. The summed E-state index contributed by atoms with van der Waals surface area (Å²) < 4.78 is 0. The third-order valence-corrected chi connectivity index (χ3v) is 4.45. The highest BCUT2D eigenvalue weighted by Crippen LogP contribution is 2.33. The number of nitrogens with two attached hydrogens (primary N) is 1. The third kappa shape index (κ3) is 1.77. The second kappa shape index (κ2) is 4.68. The van der Waals surface area contributed by atoms with Crippen molar-refractivity contribution in [3.63, 3.8) is 0 Å². The summed E-state index contributed by atoms with van der Waals surface area (Å²) in [5, 5.41) is 11.9. The number of nitrogens with zero attached hydrogens (tertiary/aromatic N) is 2. The van der Waals surface area contributed by atoms with E-state index in [1.54, 1.807) is 6.07 Å². The molecule has 2 heterocycles. The molecule has 5 nitrogen and oxygen atoms in total. The van der Waals surface area contributed by atoms with Gasteiger partial charge in [0.15, 0.2) is 6.23 Å². The van der Waals surface area contributed by atoms with Crippen LogP contribution in [-0.2, 0) is 4.79 Å². The van der Waals surface area contributed by atoms with E-state index >= 15 is 0 Å². The van der Waals surface area contributed by atoms with Crippen LogP contribution in [0.25, 0.3) is 5.57 Å². The van der Waals surface area contributed by atoms with Crippen LogP contribution in [0.15, 0.2) is 29.3 Å². The summed E-state index contributed by atoms with van der Waals surface area (Å²) in [7, 11) is 0. The zero-order valence-electron chi connectivity index (χ0n) is 11.5. The van der Waals surface area contributed by atoms with Crippen LogP contribution in [0.5, 0.6) is 0 Å². The highest BCUT2D eigenvalue weighted by Gasteiger charge is 2.47. The summed E-state index contributed by atoms with van der Waals surface area (Å²) in [5.41, 5.74) is 5.27. The summed E-state index contributed by atoms with van der Waals surface area (Å²) >= 11 is 0. The third-order valence-electron chi connectivity index (χ3n) is 4.45. The fraction of sp³-hybridized carbons (Fsp3) is 0.467. The Balaban J connectivity index is 2.30. The van der Waals surface area contributed by atoms with Gasteiger partial charge < -0.3 is 10.8 Å². The van der Waals surface area contributed by atoms with Crippen molar-refractivity contribution in [2.75, 3.05) is 13.1 Å². The molecule has 1 aromatic rings. The number of para-hydroxylation sites is 1. The molecule has 1 saturated heterocycles. The topological polar surface area (TPSA) is 78.9 Å². The molecule has 2 aliphatic rings. The van der Waals surface area contributed by atoms with Crippen molar-refractivity contribution in [1.29, 1.82) is 0 Å². The summed E-state index contributed by atoms with van der Waals surface area (Å²) in [4.78, 5) is 18.5. The van der Waals surface area contributed by atoms with Crippen molar-refractivity contribution < 1.29 is 9.90 Å². The summed E-state index contributed by atoms with van der Waals surface area (Å²) in [5.74, 6) is -0.485. The van der Waals surface area contributed by atoms with E-state index in [9.17, 15) is 9.90 Å². The number of fused-ring (bicyclic) bond motifs is 1. The van der Waals surface area contributed by atoms with Gasteiger partial charge in [-0.3, -0.25) is 14.7 Å². The van der Waals surface area contributed by atoms with Crippen LogP contribution in [0.3, 0.4) is 0 Å². The first-order valence-corrected chi connectivity index (χ1v) is 6.95. The highest BCUT2D eigenvalue weighted by molar-refractivity contribution is 6.15. The van der Waals surface area contributed by atoms with E-state index in [1.165, 1.54) is 0 Å². The largest absolute Gasteiger partial charge is 0.370 e. The Kier molecular flexibility index (Phi) is 3.11. The van der Waals surface area contributed by atoms with Crippen LogP contribution in [0.4, 0.5) is 0 Å². The first-order valence-electron chi connectivity index (χ1n) is 6.95. The lowest BCUT2D eigenvalue weighted by Gasteiger charge is -2.43. The molecule has 5 heteroatoms. The van der Waals surface area contributed by atoms with Gasteiger partial charge in [0.25, 0.3) is 0 Å². The predicted molar refractivity (Wildman–Crippen MR) is 75.0 cm³/mol. The SMILES string of the molecule is CC1(N2CCCC2)C(C(N)=O)=c2ccccc2=NC1O. The Morgan fingerprint density at radius 3 is 2.70 bits per heavy atom. The second-order valence-corrected chi connectivity index (χ2v) is 5.60. The molecule has 1 aromatic carbocycles. The molecule has 20 heavy (non-hydrogen) atoms. The van der Waals surface area contributed by atoms with E-state index in [2.05, 4.69) is 9.89 Å². The number of likely N-dealkylation sites (tertiary alicyclic amines) is 1. The first-order chi connectivity index (χ1) is 9.55. The molecule has 106 valence electrons. The van der Waals surface area contributed by atoms with Crippen LogP contribution in [0.2, 0.25) is 0 Å². The molecule has 0 aliphatic carbocycles. The number of carbonyl (C=O) groups excluding carboxylic acids is 1. The summed E-state index contributed by atoms with van der Waals surface area (Å²) in [6.45, 7) is 3.56. The van der Waals surface area contributed by atoms with E-state index in [-0.39, 0.29) is 0 Å². The number of amides is 1. The van der Waals surface area contributed by atoms with Crippen molar-refractivity contribution in [3.8, 4) is 0 Å². The number of benzene rings is 1. The van der Waals surface area contributed by atoms with Crippen LogP contribution in [0.1, 0.15) is 19.8 Å². The van der Waals surface area contributed by atoms with Gasteiger partial charge in [-0.25, -0.2) is 0 Å². The summed E-state index contributed by atoms with van der Waals surface area (Å²) in [6, 6.07) is 7.34. The molecule has 0 radical (unpaired) electrons. The Morgan fingerprint density at radius 1 is 1.40 bits per heavy atom. The maximum absolute atomic E-state index is 12.0. The molecule has 1 fully saturated rings. The maximum atomic E-state index is 12.0. The zero-order chi connectivity index (χ0) is 14.3. The van der Waals surface area contributed by atoms with Gasteiger partial charge >= 0.3 is 0 Å². The zero-order valence-corrected chi connectivity index (χ0v) is 11.5. The van der Waals surface area contributed by atoms with E-state index in [4.69, 9.17) is 5.73 Å². The second-order valence-electron chi connectivity index (χ2n) is 5.60. The van der Waals surface area contributed by atoms with Gasteiger partial charge in [0.2, 0.25) is 5.91 Å². The van der Waals surface area contributed by atoms with Crippen molar-refractivity contribution in [3.05, 3.63) is 34.8 Å². The van der Waals surface area contributed by atoms with Gasteiger partial charge in [-0.1, -0.05) is 18.2 Å². The standard InChI is InChI=1S/C15H19N3O2/c1-15(18-8-4-5-9-18)12(13(16)19)10-6-2-3-7-11(10)17-14(15)20/h2-3,6-7,14,20H,4-5,8-9H2,1H3,(H2,16,19). The van der Waals surface area contributed by atoms with Gasteiger partial charge in [0, 0.05) is 5.22 Å². The lowest BCUT2D eigenvalue weighted by atomic mass is 9.84. The minimum absolute atomic E-state index is 0.470. The first kappa shape index (κ1) is 13.3. The monoisotopic (exact) mass is 273 g/mol. The number of carbonyl (C=O) groups is 1. The molecule has 0 aromatic heterocycles. The van der Waals surface area contributed by atoms with Crippen LogP contribution in [0, 0.1) is 0 Å². The molecule has 2 aliphatic heterocycles. The van der Waals surface area contributed by atoms with Gasteiger partial charge in [-0.05, 0) is 38.9 Å². The van der Waals surface area contributed by atoms with Crippen molar-refractivity contribution >= 4 is 11.5 Å². The van der Waals surface area contributed by atoms with Crippen molar-refractivity contribution in [1.82, 2.24) is 4.90 Å². The average Bonchev–Trinajstić information content (AvgIpc) is 2.94. The average molecular weight is 273 g/mol. The van der Waals surface area contributed by atoms with E-state index in [0.717, 1.165) is 31.1 Å². The molecule has 1 amide bonds. The summed E-state index contributed by atoms with van der Waals surface area (Å²) in [6.07, 6.45) is 1.16. The van der Waals surface area contributed by atoms with E-state index in [0.29, 0.717) is 10.9 Å². The molecule has 0 spiro atoms. The van der Waals surface area contributed by atoms with Gasteiger partial charge in [0.1, 0.15) is 0 Å². The normalized spacial score (nSPS) is 29.9. The van der Waals surface area contributed by atoms with Crippen molar-refractivity contribution in [2.24, 2.45) is 10.7 Å². The number of hydrogen-bond donors (Lipinski definition) is 2. The lowest BCUT2D eigenvalue weighted by Crippen LogP contribution is -2.61. The fourth-order valence-electron chi connectivity index (χ4n) is 3.34. The number of primary amides is 1. The Hall–Kier alpha value is -1.72. The van der Waals surface area contributed by atoms with Gasteiger partial charge in [0.05, 0.1) is 16.5 Å². The minimum Gasteiger partial charge on any atom is -0.370 e. The fourth-order valence-corrected chi connectivity index (χ4v) is 3.34. The Labute approximate surface area is 117 Å². The predicted octanol–water partition coefficient (Wildman–Crippen LogP) is -0.871. The lowest BCUT2D eigenvalue weighted by molar-refractivity contribution is -0.114. The molecular weight excluding hydrogens is 254 g/mol. The van der Waals surface area contributed by atoms with Crippen molar-refractivity contribution in [2.45, 2.75) is 31.5 Å². The molecular formula is C15H19N3O2. The van der Waals surface area contributed by atoms with Gasteiger partial charge in [-0.2, -0.15) is 0 Å². The molecule has 2 atom stereocenters. The molecule has 3 rings (SSSR count). The maximum Gasteiger partial charge on any atom is 0.247 e. The number of rotatable bonds is 2. The van der Waals surface area contributed by atoms with Crippen LogP contribution < -0.4 is 16.3 Å². The van der Waals surface area contributed by atoms with Crippen LogP contribution >= 0.6 is 0 Å². The molecule has 0 saturated carbocycles. The van der Waals surface area contributed by atoms with Crippen LogP contribution in [-0.4, -0.2) is 40.8 Å². The number of aliphatic hydroxyl groups is 1. The Morgan fingerprint density at radius 2 is 2.05 bits per heavy atom. The number of hydrogen-bond acceptors (Lipinski definition) is 4. The Bertz CT molecular complexity index is 664. The van der Waals surface area contributed by atoms with Gasteiger partial charge in [-0.15, -0.1) is 0 Å². The molecule has 0 bridgehead atoms. The van der Waals surface area contributed by atoms with E-state index < -0.39 is 17.7 Å². The number of aliphatic hydroxyl groups excluding tert-OH is 1. The van der Waals surface area contributed by atoms with E-state index in [1.807, 2.05) is 25.1 Å². The molecule has 3 N–H and O–H groups in total. The smallest absolute Gasteiger partial charge is 0.247 e. The highest BCUT2D eigenvalue weighted by atomic mass is 16.3. The molecule has 2 unspecified atom stereocenters.